The number of aliphatic carboxylic acids is 1. The van der Waals surface area contributed by atoms with Gasteiger partial charge in [-0.1, -0.05) is 40.9 Å². The molecule has 2 N–H and O–H groups in total. The van der Waals surface area contributed by atoms with Crippen molar-refractivity contribution in [1.82, 2.24) is 15.1 Å². The summed E-state index contributed by atoms with van der Waals surface area (Å²) in [4.78, 5) is 23.9. The number of hydrogen-bond donors (Lipinski definition) is 2. The van der Waals surface area contributed by atoms with Crippen molar-refractivity contribution in [3.05, 3.63) is 52.3 Å². The lowest BCUT2D eigenvalue weighted by Gasteiger charge is -2.14. The van der Waals surface area contributed by atoms with Gasteiger partial charge in [0.15, 0.2) is 6.04 Å². The number of carboxylic acids is 1. The van der Waals surface area contributed by atoms with Gasteiger partial charge in [0.05, 0.1) is 6.04 Å². The molecule has 1 aliphatic rings. The SMILES string of the molecule is O=C(NC(C(=O)O)c1ccc(Br)cc1)c1ccn(C2CCCC2)n1. The Balaban J connectivity index is 1.74. The number of nitrogens with zero attached hydrogens (tertiary/aromatic N) is 2. The molecule has 0 spiro atoms. The van der Waals surface area contributed by atoms with Crippen LogP contribution in [0, 0.1) is 0 Å². The number of aromatic nitrogens is 2. The lowest BCUT2D eigenvalue weighted by molar-refractivity contribution is -0.139. The summed E-state index contributed by atoms with van der Waals surface area (Å²) in [5.41, 5.74) is 0.750. The van der Waals surface area contributed by atoms with Crippen LogP contribution in [0.1, 0.15) is 53.8 Å². The second kappa shape index (κ2) is 7.17. The van der Waals surface area contributed by atoms with Crippen LogP contribution in [-0.2, 0) is 4.79 Å². The minimum atomic E-state index is -1.11. The maximum Gasteiger partial charge on any atom is 0.330 e. The molecule has 1 amide bonds. The lowest BCUT2D eigenvalue weighted by Crippen LogP contribution is -2.34. The highest BCUT2D eigenvalue weighted by molar-refractivity contribution is 9.10. The Hall–Kier alpha value is -2.15. The van der Waals surface area contributed by atoms with Crippen LogP contribution in [0.25, 0.3) is 0 Å². The summed E-state index contributed by atoms with van der Waals surface area (Å²) in [7, 11) is 0. The Labute approximate surface area is 148 Å². The van der Waals surface area contributed by atoms with Gasteiger partial charge < -0.3 is 10.4 Å². The predicted molar refractivity (Wildman–Crippen MR) is 91.7 cm³/mol. The van der Waals surface area contributed by atoms with E-state index >= 15 is 0 Å². The number of halogens is 1. The van der Waals surface area contributed by atoms with E-state index in [2.05, 4.69) is 26.3 Å². The van der Waals surface area contributed by atoms with Crippen molar-refractivity contribution in [3.8, 4) is 0 Å². The molecule has 1 fully saturated rings. The number of carbonyl (C=O) groups is 2. The van der Waals surface area contributed by atoms with E-state index in [0.29, 0.717) is 11.6 Å². The molecule has 1 unspecified atom stereocenters. The van der Waals surface area contributed by atoms with Crippen LogP contribution in [0.15, 0.2) is 41.0 Å². The quantitative estimate of drug-likeness (QED) is 0.818. The van der Waals surface area contributed by atoms with Crippen LogP contribution in [0.4, 0.5) is 0 Å². The third-order valence-electron chi connectivity index (χ3n) is 4.27. The zero-order valence-electron chi connectivity index (χ0n) is 13.0. The van der Waals surface area contributed by atoms with Crippen molar-refractivity contribution in [1.29, 1.82) is 0 Å². The van der Waals surface area contributed by atoms with Crippen LogP contribution in [-0.4, -0.2) is 26.8 Å². The Bertz CT molecular complexity index is 736. The summed E-state index contributed by atoms with van der Waals surface area (Å²) in [6.07, 6.45) is 6.28. The van der Waals surface area contributed by atoms with Gasteiger partial charge in [-0.2, -0.15) is 5.10 Å². The van der Waals surface area contributed by atoms with Gasteiger partial charge in [0.25, 0.3) is 5.91 Å². The smallest absolute Gasteiger partial charge is 0.330 e. The molecule has 1 aliphatic carbocycles. The van der Waals surface area contributed by atoms with E-state index < -0.39 is 17.9 Å². The van der Waals surface area contributed by atoms with Crippen LogP contribution in [0.5, 0.6) is 0 Å². The van der Waals surface area contributed by atoms with Crippen molar-refractivity contribution >= 4 is 27.8 Å². The second-order valence-electron chi connectivity index (χ2n) is 5.92. The van der Waals surface area contributed by atoms with E-state index in [9.17, 15) is 14.7 Å². The first kappa shape index (κ1) is 16.7. The molecule has 1 aromatic carbocycles. The van der Waals surface area contributed by atoms with E-state index in [-0.39, 0.29) is 5.69 Å². The Morgan fingerprint density at radius 1 is 1.21 bits per heavy atom. The van der Waals surface area contributed by atoms with Gasteiger partial charge in [-0.15, -0.1) is 0 Å². The third kappa shape index (κ3) is 3.67. The molecular weight excluding hydrogens is 374 g/mol. The number of benzene rings is 1. The number of carbonyl (C=O) groups excluding carboxylic acids is 1. The highest BCUT2D eigenvalue weighted by Crippen LogP contribution is 2.28. The molecule has 3 rings (SSSR count). The van der Waals surface area contributed by atoms with Crippen molar-refractivity contribution in [2.75, 3.05) is 0 Å². The fourth-order valence-corrected chi connectivity index (χ4v) is 3.24. The van der Waals surface area contributed by atoms with Crippen LogP contribution < -0.4 is 5.32 Å². The highest BCUT2D eigenvalue weighted by Gasteiger charge is 2.24. The maximum atomic E-state index is 12.4. The largest absolute Gasteiger partial charge is 0.479 e. The molecule has 0 aliphatic heterocycles. The van der Waals surface area contributed by atoms with Crippen LogP contribution in [0.2, 0.25) is 0 Å². The maximum absolute atomic E-state index is 12.4. The first-order chi connectivity index (χ1) is 11.5. The molecule has 6 nitrogen and oxygen atoms in total. The van der Waals surface area contributed by atoms with Gasteiger partial charge in [-0.3, -0.25) is 9.48 Å². The van der Waals surface area contributed by atoms with Crippen molar-refractivity contribution in [2.24, 2.45) is 0 Å². The average Bonchev–Trinajstić information content (AvgIpc) is 3.24. The standard InChI is InChI=1S/C17H18BrN3O3/c18-12-7-5-11(6-8-12)15(17(23)24)19-16(22)14-9-10-21(20-14)13-3-1-2-4-13/h5-10,13,15H,1-4H2,(H,19,22)(H,23,24). The Morgan fingerprint density at radius 3 is 2.50 bits per heavy atom. The van der Waals surface area contributed by atoms with Crippen molar-refractivity contribution in [3.63, 3.8) is 0 Å². The number of nitrogens with one attached hydrogen (secondary N) is 1. The van der Waals surface area contributed by atoms with Gasteiger partial charge in [0.2, 0.25) is 0 Å². The molecule has 1 atom stereocenters. The van der Waals surface area contributed by atoms with Crippen LogP contribution in [0.3, 0.4) is 0 Å². The Kier molecular flexibility index (Phi) is 4.99. The summed E-state index contributed by atoms with van der Waals surface area (Å²) in [5.74, 6) is -1.59. The van der Waals surface area contributed by atoms with E-state index in [1.807, 2.05) is 4.68 Å². The van der Waals surface area contributed by atoms with E-state index in [1.54, 1.807) is 36.5 Å². The molecule has 0 bridgehead atoms. The third-order valence-corrected chi connectivity index (χ3v) is 4.79. The minimum Gasteiger partial charge on any atom is -0.479 e. The van der Waals surface area contributed by atoms with Crippen molar-refractivity contribution in [2.45, 2.75) is 37.8 Å². The van der Waals surface area contributed by atoms with Gasteiger partial charge in [-0.05, 0) is 36.6 Å². The number of hydrogen-bond acceptors (Lipinski definition) is 3. The normalized spacial score (nSPS) is 16.0. The van der Waals surface area contributed by atoms with Crippen molar-refractivity contribution < 1.29 is 14.7 Å². The fraction of sp³-hybridized carbons (Fsp3) is 0.353. The molecule has 24 heavy (non-hydrogen) atoms. The van der Waals surface area contributed by atoms with E-state index in [0.717, 1.165) is 17.3 Å². The zero-order valence-corrected chi connectivity index (χ0v) is 14.6. The molecular formula is C17H18BrN3O3. The summed E-state index contributed by atoms with van der Waals surface area (Å²) in [6.45, 7) is 0. The molecule has 0 radical (unpaired) electrons. The van der Waals surface area contributed by atoms with Gasteiger partial charge in [0, 0.05) is 10.7 Å². The average molecular weight is 392 g/mol. The number of rotatable bonds is 5. The van der Waals surface area contributed by atoms with Gasteiger partial charge >= 0.3 is 5.97 Å². The highest BCUT2D eigenvalue weighted by atomic mass is 79.9. The predicted octanol–water partition coefficient (Wildman–Crippen LogP) is 3.32. The molecule has 7 heteroatoms. The second-order valence-corrected chi connectivity index (χ2v) is 6.83. The minimum absolute atomic E-state index is 0.241. The monoisotopic (exact) mass is 391 g/mol. The number of carboxylic acid groups (broad SMARTS) is 1. The molecule has 1 saturated carbocycles. The summed E-state index contributed by atoms with van der Waals surface area (Å²) in [5, 5.41) is 16.3. The van der Waals surface area contributed by atoms with Gasteiger partial charge in [-0.25, -0.2) is 4.79 Å². The zero-order chi connectivity index (χ0) is 17.1. The summed E-state index contributed by atoms with van der Waals surface area (Å²) < 4.78 is 2.66. The van der Waals surface area contributed by atoms with E-state index in [4.69, 9.17) is 0 Å². The lowest BCUT2D eigenvalue weighted by atomic mass is 10.1. The molecule has 1 heterocycles. The topological polar surface area (TPSA) is 84.2 Å². The molecule has 126 valence electrons. The summed E-state index contributed by atoms with van der Waals surface area (Å²) in [6, 6.07) is 7.68. The first-order valence-corrected chi connectivity index (χ1v) is 8.68. The fourth-order valence-electron chi connectivity index (χ4n) is 2.98. The number of amides is 1. The van der Waals surface area contributed by atoms with Gasteiger partial charge in [0.1, 0.15) is 5.69 Å². The van der Waals surface area contributed by atoms with E-state index in [1.165, 1.54) is 12.8 Å². The Morgan fingerprint density at radius 2 is 1.88 bits per heavy atom. The molecule has 0 saturated heterocycles. The molecule has 2 aromatic rings. The van der Waals surface area contributed by atoms with Crippen LogP contribution >= 0.6 is 15.9 Å². The summed E-state index contributed by atoms with van der Waals surface area (Å²) >= 11 is 3.31. The first-order valence-electron chi connectivity index (χ1n) is 7.89. The molecule has 1 aromatic heterocycles.